The van der Waals surface area contributed by atoms with Crippen molar-refractivity contribution < 1.29 is 42.1 Å². The summed E-state index contributed by atoms with van der Waals surface area (Å²) in [4.78, 5) is 38.0. The zero-order valence-electron chi connectivity index (χ0n) is 55.3. The molecule has 0 bridgehead atoms. The van der Waals surface area contributed by atoms with E-state index in [-0.39, 0.29) is 32.0 Å². The van der Waals surface area contributed by atoms with Gasteiger partial charge in [0.1, 0.15) is 19.8 Å². The molecule has 0 aliphatic rings. The van der Waals surface area contributed by atoms with E-state index in [9.17, 15) is 19.0 Å². The molecule has 0 amide bonds. The van der Waals surface area contributed by atoms with Crippen LogP contribution >= 0.6 is 7.82 Å². The van der Waals surface area contributed by atoms with Gasteiger partial charge in [-0.25, -0.2) is 0 Å². The molecule has 0 saturated carbocycles. The first-order valence-corrected chi connectivity index (χ1v) is 36.4. The van der Waals surface area contributed by atoms with Gasteiger partial charge in [0.25, 0.3) is 7.82 Å². The van der Waals surface area contributed by atoms with Gasteiger partial charge < -0.3 is 27.9 Å². The maximum atomic E-state index is 12.9. The highest BCUT2D eigenvalue weighted by molar-refractivity contribution is 7.45. The molecule has 0 spiro atoms. The highest BCUT2D eigenvalue weighted by Gasteiger charge is 2.22. The van der Waals surface area contributed by atoms with Crippen molar-refractivity contribution in [1.29, 1.82) is 0 Å². The van der Waals surface area contributed by atoms with Gasteiger partial charge in [0, 0.05) is 12.8 Å². The molecule has 0 aliphatic heterocycles. The fraction of sp³-hybridized carbons (Fsp3) is 0.757. The van der Waals surface area contributed by atoms with Gasteiger partial charge >= 0.3 is 11.9 Å². The maximum Gasteiger partial charge on any atom is 0.306 e. The first kappa shape index (κ1) is 80.9. The number of nitrogens with zero attached hydrogens (tertiary/aromatic N) is 1. The fourth-order valence-corrected chi connectivity index (χ4v) is 10.5. The minimum atomic E-state index is -4.64. The third kappa shape index (κ3) is 68.0. The average Bonchev–Trinajstić information content (AvgIpc) is 3.61. The Bertz CT molecular complexity index is 1740. The second-order valence-corrected chi connectivity index (χ2v) is 25.9. The third-order valence-electron chi connectivity index (χ3n) is 15.1. The Morgan fingerprint density at radius 3 is 1.01 bits per heavy atom. The van der Waals surface area contributed by atoms with Gasteiger partial charge in [-0.15, -0.1) is 0 Å². The van der Waals surface area contributed by atoms with Crippen LogP contribution in [-0.2, 0) is 32.7 Å². The van der Waals surface area contributed by atoms with Gasteiger partial charge in [0.05, 0.1) is 27.7 Å². The number of unbranched alkanes of at least 4 members (excludes halogenated alkanes) is 34. The Kier molecular flexibility index (Phi) is 62.1. The molecule has 0 rings (SSSR count). The van der Waals surface area contributed by atoms with Crippen LogP contribution in [0.5, 0.6) is 0 Å². The van der Waals surface area contributed by atoms with Crippen molar-refractivity contribution in [2.45, 2.75) is 315 Å². The Hall–Kier alpha value is -3.07. The van der Waals surface area contributed by atoms with Crippen molar-refractivity contribution in [3.8, 4) is 0 Å². The van der Waals surface area contributed by atoms with E-state index in [1.54, 1.807) is 0 Å². The number of phosphoric ester groups is 1. The minimum Gasteiger partial charge on any atom is -0.756 e. The summed E-state index contributed by atoms with van der Waals surface area (Å²) in [6.07, 6.45) is 89.2. The number of hydrogen-bond donors (Lipinski definition) is 0. The first-order valence-electron chi connectivity index (χ1n) is 34.9. The van der Waals surface area contributed by atoms with Crippen LogP contribution in [0.4, 0.5) is 0 Å². The van der Waals surface area contributed by atoms with Crippen LogP contribution in [-0.4, -0.2) is 70.0 Å². The van der Waals surface area contributed by atoms with Gasteiger partial charge in [-0.3, -0.25) is 14.2 Å². The lowest BCUT2D eigenvalue weighted by atomic mass is 10.0. The van der Waals surface area contributed by atoms with Crippen LogP contribution in [0.2, 0.25) is 0 Å². The number of quaternary nitrogens is 1. The molecule has 9 nitrogen and oxygen atoms in total. The highest BCUT2D eigenvalue weighted by atomic mass is 31.2. The molecule has 2 atom stereocenters. The number of likely N-dealkylation sites (N-methyl/N-ethyl adjacent to an activating group) is 1. The normalized spacial score (nSPS) is 13.7. The van der Waals surface area contributed by atoms with Crippen LogP contribution in [0.25, 0.3) is 0 Å². The largest absolute Gasteiger partial charge is 0.756 e. The number of phosphoric acid groups is 1. The zero-order chi connectivity index (χ0) is 61.2. The predicted octanol–water partition coefficient (Wildman–Crippen LogP) is 22.1. The SMILES string of the molecule is CC/C=C\C/C=C\C/C=C\C/C=C\C/C=C\C/C=C\CCCCCCCCCCCCCCCCCCCCCCC(=O)OC(COC(=O)CCCCCCCCCCC/C=C\C/C=C\CCCCCCC)COP(=O)([O-])OCC[N+](C)(C)C. The molecule has 0 radical (unpaired) electrons. The van der Waals surface area contributed by atoms with Crippen LogP contribution < -0.4 is 4.89 Å². The molecule has 84 heavy (non-hydrogen) atoms. The Labute approximate surface area is 519 Å². The molecule has 0 fully saturated rings. The van der Waals surface area contributed by atoms with Crippen molar-refractivity contribution >= 4 is 19.8 Å². The van der Waals surface area contributed by atoms with Gasteiger partial charge in [0.15, 0.2) is 6.10 Å². The van der Waals surface area contributed by atoms with Gasteiger partial charge in [-0.05, 0) is 96.3 Å². The lowest BCUT2D eigenvalue weighted by molar-refractivity contribution is -0.870. The molecular formula is C74H132NO8P. The van der Waals surface area contributed by atoms with Crippen LogP contribution in [0.1, 0.15) is 309 Å². The van der Waals surface area contributed by atoms with E-state index in [4.69, 9.17) is 18.5 Å². The Morgan fingerprint density at radius 1 is 0.381 bits per heavy atom. The summed E-state index contributed by atoms with van der Waals surface area (Å²) in [5.74, 6) is -0.828. The maximum absolute atomic E-state index is 12.9. The zero-order valence-corrected chi connectivity index (χ0v) is 56.2. The van der Waals surface area contributed by atoms with Crippen LogP contribution in [0, 0.1) is 0 Å². The number of rotatable bonds is 64. The summed E-state index contributed by atoms with van der Waals surface area (Å²) in [6, 6.07) is 0. The lowest BCUT2D eigenvalue weighted by Crippen LogP contribution is -2.37. The molecule has 0 saturated heterocycles. The average molecular weight is 1190 g/mol. The van der Waals surface area contributed by atoms with Crippen molar-refractivity contribution in [2.24, 2.45) is 0 Å². The smallest absolute Gasteiger partial charge is 0.306 e. The second-order valence-electron chi connectivity index (χ2n) is 24.5. The van der Waals surface area contributed by atoms with Crippen molar-refractivity contribution in [3.63, 3.8) is 0 Å². The third-order valence-corrected chi connectivity index (χ3v) is 16.1. The van der Waals surface area contributed by atoms with Crippen LogP contribution in [0.15, 0.2) is 97.2 Å². The number of hydrogen-bond acceptors (Lipinski definition) is 8. The molecule has 0 aromatic carbocycles. The number of allylic oxidation sites excluding steroid dienone is 16. The summed E-state index contributed by atoms with van der Waals surface area (Å²) >= 11 is 0. The molecule has 2 unspecified atom stereocenters. The minimum absolute atomic E-state index is 0.0328. The number of ether oxygens (including phenoxy) is 2. The number of carbonyl (C=O) groups excluding carboxylic acids is 2. The Morgan fingerprint density at radius 2 is 0.679 bits per heavy atom. The van der Waals surface area contributed by atoms with E-state index in [0.717, 1.165) is 89.9 Å². The van der Waals surface area contributed by atoms with E-state index in [1.807, 2.05) is 21.1 Å². The standard InChI is InChI=1S/C74H132NO8P/c1-6-8-10-12-14-16-18-20-22-24-26-28-29-30-31-32-33-34-35-36-37-38-39-40-41-42-43-44-45-47-49-51-53-55-57-59-61-63-65-67-74(77)83-72(71-82-84(78,79)81-69-68-75(3,4)5)70-80-73(76)66-64-62-60-58-56-54-52-50-48-46-27-25-23-21-19-17-15-13-11-9-7-2/h8,10,14,16,19-22,25-28,30-31,33-34,72H,6-7,9,11-13,15,17-18,23-24,29,32,35-71H2,1-5H3/b10-8-,16-14-,21-19-,22-20-,27-25-,28-26-,31-30-,34-33-. The van der Waals surface area contributed by atoms with Crippen LogP contribution in [0.3, 0.4) is 0 Å². The topological polar surface area (TPSA) is 111 Å². The molecule has 0 aromatic heterocycles. The van der Waals surface area contributed by atoms with E-state index < -0.39 is 26.5 Å². The van der Waals surface area contributed by atoms with Crippen molar-refractivity contribution in [3.05, 3.63) is 97.2 Å². The summed E-state index contributed by atoms with van der Waals surface area (Å²) in [6.45, 7) is 4.14. The molecule has 0 heterocycles. The molecular weight excluding hydrogens is 1060 g/mol. The quantitative estimate of drug-likeness (QED) is 0.0195. The second kappa shape index (κ2) is 64.4. The van der Waals surface area contributed by atoms with E-state index in [1.165, 1.54) is 186 Å². The van der Waals surface area contributed by atoms with E-state index in [2.05, 4.69) is 111 Å². The molecule has 10 heteroatoms. The molecule has 0 aliphatic carbocycles. The van der Waals surface area contributed by atoms with Gasteiger partial charge in [-0.2, -0.15) is 0 Å². The summed E-state index contributed by atoms with van der Waals surface area (Å²) in [7, 11) is 1.17. The Balaban J connectivity index is 3.98. The fourth-order valence-electron chi connectivity index (χ4n) is 9.75. The van der Waals surface area contributed by atoms with Gasteiger partial charge in [0.2, 0.25) is 0 Å². The van der Waals surface area contributed by atoms with Crippen molar-refractivity contribution in [1.82, 2.24) is 0 Å². The molecule has 0 aromatic rings. The highest BCUT2D eigenvalue weighted by Crippen LogP contribution is 2.38. The first-order chi connectivity index (χ1) is 41.0. The molecule has 486 valence electrons. The van der Waals surface area contributed by atoms with Crippen molar-refractivity contribution in [2.75, 3.05) is 47.5 Å². The molecule has 0 N–H and O–H groups in total. The lowest BCUT2D eigenvalue weighted by Gasteiger charge is -2.28. The summed E-state index contributed by atoms with van der Waals surface area (Å²) in [5.41, 5.74) is 0. The van der Waals surface area contributed by atoms with E-state index in [0.29, 0.717) is 17.4 Å². The van der Waals surface area contributed by atoms with Gasteiger partial charge in [-0.1, -0.05) is 297 Å². The summed E-state index contributed by atoms with van der Waals surface area (Å²) < 4.78 is 34.3. The monoisotopic (exact) mass is 1190 g/mol. The summed E-state index contributed by atoms with van der Waals surface area (Å²) in [5, 5.41) is 0. The number of esters is 2. The van der Waals surface area contributed by atoms with E-state index >= 15 is 0 Å². The predicted molar refractivity (Wildman–Crippen MR) is 360 cm³/mol. The number of carbonyl (C=O) groups is 2.